The lowest BCUT2D eigenvalue weighted by Gasteiger charge is -2.23. The van der Waals surface area contributed by atoms with Crippen molar-refractivity contribution in [2.45, 2.75) is 34.2 Å². The van der Waals surface area contributed by atoms with Gasteiger partial charge >= 0.3 is 0 Å². The smallest absolute Gasteiger partial charge is 0.215 e. The van der Waals surface area contributed by atoms with E-state index in [0.29, 0.717) is 32.2 Å². The minimum absolute atomic E-state index is 0.0144. The molecule has 0 bridgehead atoms. The summed E-state index contributed by atoms with van der Waals surface area (Å²) in [6.07, 6.45) is 0. The maximum absolute atomic E-state index is 12.3. The van der Waals surface area contributed by atoms with Gasteiger partial charge in [-0.15, -0.1) is 0 Å². The summed E-state index contributed by atoms with van der Waals surface area (Å²) in [5.41, 5.74) is 1.13. The quantitative estimate of drug-likeness (QED) is 0.457. The fourth-order valence-corrected chi connectivity index (χ4v) is 4.06. The average molecular weight is 399 g/mol. The molecule has 1 rings (SSSR count). The highest BCUT2D eigenvalue weighted by Gasteiger charge is 2.18. The SMILES string of the molecule is CCNC(=NCCS(=O)(=O)N(CC)CC)N(C)Cc1ccc(OCC)cc1. The van der Waals surface area contributed by atoms with Crippen molar-refractivity contribution >= 4 is 16.0 Å². The first-order valence-electron chi connectivity index (χ1n) is 9.56. The molecule has 7 nitrogen and oxygen atoms in total. The molecule has 0 saturated heterocycles. The highest BCUT2D eigenvalue weighted by molar-refractivity contribution is 7.89. The van der Waals surface area contributed by atoms with E-state index in [0.717, 1.165) is 17.9 Å². The van der Waals surface area contributed by atoms with E-state index in [4.69, 9.17) is 4.74 Å². The van der Waals surface area contributed by atoms with Gasteiger partial charge in [0.15, 0.2) is 5.96 Å². The van der Waals surface area contributed by atoms with Gasteiger partial charge in [-0.1, -0.05) is 26.0 Å². The summed E-state index contributed by atoms with van der Waals surface area (Å²) in [5.74, 6) is 1.56. The molecule has 8 heteroatoms. The van der Waals surface area contributed by atoms with Crippen molar-refractivity contribution in [3.05, 3.63) is 29.8 Å². The number of benzene rings is 1. The molecule has 0 unspecified atom stereocenters. The Morgan fingerprint density at radius 1 is 1.11 bits per heavy atom. The van der Waals surface area contributed by atoms with Gasteiger partial charge < -0.3 is 15.0 Å². The van der Waals surface area contributed by atoms with E-state index in [2.05, 4.69) is 10.3 Å². The first kappa shape index (κ1) is 23.2. The highest BCUT2D eigenvalue weighted by Crippen LogP contribution is 2.13. The Bertz CT molecular complexity index is 671. The molecule has 0 atom stereocenters. The van der Waals surface area contributed by atoms with Crippen molar-refractivity contribution in [2.24, 2.45) is 4.99 Å². The molecule has 0 aromatic heterocycles. The summed E-state index contributed by atoms with van der Waals surface area (Å²) < 4.78 is 31.5. The zero-order valence-electron chi connectivity index (χ0n) is 17.2. The van der Waals surface area contributed by atoms with Gasteiger partial charge in [0.1, 0.15) is 5.75 Å². The molecule has 0 aliphatic heterocycles. The van der Waals surface area contributed by atoms with Gasteiger partial charge in [0.2, 0.25) is 10.0 Å². The molecule has 1 aromatic rings. The topological polar surface area (TPSA) is 74.2 Å². The summed E-state index contributed by atoms with van der Waals surface area (Å²) >= 11 is 0. The van der Waals surface area contributed by atoms with Crippen LogP contribution < -0.4 is 10.1 Å². The van der Waals surface area contributed by atoms with E-state index in [1.807, 2.05) is 63.9 Å². The van der Waals surface area contributed by atoms with Crippen LogP contribution in [0.4, 0.5) is 0 Å². The predicted octanol–water partition coefficient (Wildman–Crippen LogP) is 2.15. The fraction of sp³-hybridized carbons (Fsp3) is 0.632. The maximum atomic E-state index is 12.3. The molecule has 0 saturated carbocycles. The summed E-state index contributed by atoms with van der Waals surface area (Å²) in [7, 11) is -1.32. The van der Waals surface area contributed by atoms with Crippen molar-refractivity contribution in [3.63, 3.8) is 0 Å². The van der Waals surface area contributed by atoms with Crippen LogP contribution in [-0.2, 0) is 16.6 Å². The molecular formula is C19H34N4O3S. The Hall–Kier alpha value is -1.80. The van der Waals surface area contributed by atoms with Gasteiger partial charge in [-0.25, -0.2) is 12.7 Å². The van der Waals surface area contributed by atoms with E-state index >= 15 is 0 Å². The van der Waals surface area contributed by atoms with Crippen molar-refractivity contribution < 1.29 is 13.2 Å². The largest absolute Gasteiger partial charge is 0.494 e. The van der Waals surface area contributed by atoms with E-state index in [1.54, 1.807) is 0 Å². The molecular weight excluding hydrogens is 364 g/mol. The number of hydrogen-bond donors (Lipinski definition) is 1. The van der Waals surface area contributed by atoms with Crippen molar-refractivity contribution in [1.82, 2.24) is 14.5 Å². The van der Waals surface area contributed by atoms with E-state index in [9.17, 15) is 8.42 Å². The number of hydrogen-bond acceptors (Lipinski definition) is 4. The fourth-order valence-electron chi connectivity index (χ4n) is 2.69. The minimum atomic E-state index is -3.26. The number of sulfonamides is 1. The number of nitrogens with zero attached hydrogens (tertiary/aromatic N) is 3. The third-order valence-corrected chi connectivity index (χ3v) is 6.06. The third-order valence-electron chi connectivity index (χ3n) is 4.06. The number of guanidine groups is 1. The number of rotatable bonds is 11. The molecule has 0 radical (unpaired) electrons. The van der Waals surface area contributed by atoms with Gasteiger partial charge in [-0.2, -0.15) is 0 Å². The standard InChI is InChI=1S/C19H34N4O3S/c1-6-20-19(21-14-15-27(24,25)23(7-2)8-3)22(5)16-17-10-12-18(13-11-17)26-9-4/h10-13H,6-9,14-16H2,1-5H3,(H,20,21). The van der Waals surface area contributed by atoms with Crippen LogP contribution in [0.2, 0.25) is 0 Å². The van der Waals surface area contributed by atoms with Gasteiger partial charge in [-0.3, -0.25) is 4.99 Å². The van der Waals surface area contributed by atoms with Crippen LogP contribution in [0.15, 0.2) is 29.3 Å². The monoisotopic (exact) mass is 398 g/mol. The van der Waals surface area contributed by atoms with Crippen LogP contribution in [0.3, 0.4) is 0 Å². The molecule has 0 spiro atoms. The first-order valence-corrected chi connectivity index (χ1v) is 11.2. The Balaban J connectivity index is 2.73. The molecule has 154 valence electrons. The lowest BCUT2D eigenvalue weighted by atomic mass is 10.2. The summed E-state index contributed by atoms with van der Waals surface area (Å²) in [4.78, 5) is 6.48. The van der Waals surface area contributed by atoms with Crippen molar-refractivity contribution in [1.29, 1.82) is 0 Å². The van der Waals surface area contributed by atoms with Gasteiger partial charge in [-0.05, 0) is 31.5 Å². The Labute approximate surface area is 164 Å². The lowest BCUT2D eigenvalue weighted by molar-refractivity contribution is 0.340. The third kappa shape index (κ3) is 7.76. The maximum Gasteiger partial charge on any atom is 0.215 e. The molecule has 0 heterocycles. The van der Waals surface area contributed by atoms with Gasteiger partial charge in [0, 0.05) is 33.2 Å². The van der Waals surface area contributed by atoms with Gasteiger partial charge in [0.25, 0.3) is 0 Å². The summed E-state index contributed by atoms with van der Waals surface area (Å²) in [6.45, 7) is 10.9. The average Bonchev–Trinajstić information content (AvgIpc) is 2.63. The van der Waals surface area contributed by atoms with E-state index in [1.165, 1.54) is 4.31 Å². The molecule has 0 aliphatic rings. The van der Waals surface area contributed by atoms with Crippen LogP contribution in [0.5, 0.6) is 5.75 Å². The van der Waals surface area contributed by atoms with Crippen LogP contribution >= 0.6 is 0 Å². The molecule has 0 amide bonds. The zero-order valence-corrected chi connectivity index (χ0v) is 18.1. The second kappa shape index (κ2) is 11.8. The lowest BCUT2D eigenvalue weighted by Crippen LogP contribution is -2.39. The second-order valence-electron chi connectivity index (χ2n) is 6.07. The summed E-state index contributed by atoms with van der Waals surface area (Å²) in [6, 6.07) is 7.95. The van der Waals surface area contributed by atoms with Crippen molar-refractivity contribution in [2.75, 3.05) is 45.6 Å². The summed E-state index contributed by atoms with van der Waals surface area (Å²) in [5, 5.41) is 3.22. The first-order chi connectivity index (χ1) is 12.9. The van der Waals surface area contributed by atoms with Crippen LogP contribution in [-0.4, -0.2) is 69.2 Å². The predicted molar refractivity (Wildman–Crippen MR) is 112 cm³/mol. The van der Waals surface area contributed by atoms with Crippen LogP contribution in [0, 0.1) is 0 Å². The Kier molecular flexibility index (Phi) is 10.2. The molecule has 27 heavy (non-hydrogen) atoms. The second-order valence-corrected chi connectivity index (χ2v) is 8.16. The number of nitrogens with one attached hydrogen (secondary N) is 1. The molecule has 0 aliphatic carbocycles. The van der Waals surface area contributed by atoms with Gasteiger partial charge in [0.05, 0.1) is 18.9 Å². The Morgan fingerprint density at radius 3 is 2.26 bits per heavy atom. The zero-order chi connectivity index (χ0) is 20.3. The Morgan fingerprint density at radius 2 is 1.74 bits per heavy atom. The van der Waals surface area contributed by atoms with Crippen LogP contribution in [0.25, 0.3) is 0 Å². The normalized spacial score (nSPS) is 12.3. The van der Waals surface area contributed by atoms with Crippen molar-refractivity contribution in [3.8, 4) is 5.75 Å². The van der Waals surface area contributed by atoms with E-state index < -0.39 is 10.0 Å². The minimum Gasteiger partial charge on any atom is -0.494 e. The molecule has 0 fully saturated rings. The molecule has 1 aromatic carbocycles. The van der Waals surface area contributed by atoms with E-state index in [-0.39, 0.29) is 12.3 Å². The number of ether oxygens (including phenoxy) is 1. The molecule has 1 N–H and O–H groups in total. The number of aliphatic imine (C=N–C) groups is 1. The highest BCUT2D eigenvalue weighted by atomic mass is 32.2. The van der Waals surface area contributed by atoms with Crippen LogP contribution in [0.1, 0.15) is 33.3 Å².